The molecule has 3 saturated carbocycles. The van der Waals surface area contributed by atoms with Crippen molar-refractivity contribution in [2.75, 3.05) is 0 Å². The van der Waals surface area contributed by atoms with E-state index >= 15 is 0 Å². The van der Waals surface area contributed by atoms with E-state index in [1.807, 2.05) is 6.92 Å². The summed E-state index contributed by atoms with van der Waals surface area (Å²) in [5.74, 6) is 0.767. The molecule has 0 amide bonds. The quantitative estimate of drug-likeness (QED) is 0.492. The van der Waals surface area contributed by atoms with Crippen molar-refractivity contribution >= 4 is 11.6 Å². The number of hydrogen-bond donors (Lipinski definition) is 1. The first-order valence-electron chi connectivity index (χ1n) is 12.0. The van der Waals surface area contributed by atoms with E-state index < -0.39 is 0 Å². The molecule has 31 heavy (non-hydrogen) atoms. The Bertz CT molecular complexity index is 1040. The van der Waals surface area contributed by atoms with Crippen LogP contribution in [0.25, 0.3) is 0 Å². The third kappa shape index (κ3) is 2.41. The number of hydrogen-bond acceptors (Lipinski definition) is 3. The monoisotopic (exact) mass is 420 g/mol. The molecule has 3 fully saturated rings. The summed E-state index contributed by atoms with van der Waals surface area (Å²) in [5, 5.41) is 10.2. The Morgan fingerprint density at radius 2 is 1.71 bits per heavy atom. The average Bonchev–Trinajstić information content (AvgIpc) is 2.71. The van der Waals surface area contributed by atoms with Crippen LogP contribution in [0.3, 0.4) is 0 Å². The Morgan fingerprint density at radius 1 is 1.00 bits per heavy atom. The van der Waals surface area contributed by atoms with Crippen molar-refractivity contribution in [2.24, 2.45) is 33.5 Å². The van der Waals surface area contributed by atoms with Crippen molar-refractivity contribution in [3.05, 3.63) is 46.3 Å². The van der Waals surface area contributed by atoms with Crippen molar-refractivity contribution in [1.29, 1.82) is 0 Å². The molecule has 0 aromatic rings. The van der Waals surface area contributed by atoms with Crippen LogP contribution in [0.1, 0.15) is 80.1 Å². The fraction of sp³-hybridized carbons (Fsp3) is 0.643. The van der Waals surface area contributed by atoms with E-state index in [1.165, 1.54) is 5.57 Å². The van der Waals surface area contributed by atoms with Gasteiger partial charge < -0.3 is 5.11 Å². The fourth-order valence-electron chi connectivity index (χ4n) is 8.39. The van der Waals surface area contributed by atoms with Gasteiger partial charge in [0.1, 0.15) is 5.78 Å². The standard InChI is InChI=1S/C28H36O3/c1-16-13-23-25(3,15-21(16)30)9-11-27(5)22-8-7-18-17(2)24(31)20(29)14-19(18)26(22,4)10-12-28(23,27)6/h7-8,14,16,23,31H,9-13,15H2,1-6H3/t16-,23-,25+,26+,27-,28-/m1/s1. The molecule has 0 saturated heterocycles. The summed E-state index contributed by atoms with van der Waals surface area (Å²) < 4.78 is 0. The summed E-state index contributed by atoms with van der Waals surface area (Å²) in [4.78, 5) is 25.2. The van der Waals surface area contributed by atoms with Crippen LogP contribution in [0.5, 0.6) is 0 Å². The highest BCUT2D eigenvalue weighted by molar-refractivity contribution is 6.06. The highest BCUT2D eigenvalue weighted by atomic mass is 16.3. The fourth-order valence-corrected chi connectivity index (χ4v) is 8.39. The third-order valence-corrected chi connectivity index (χ3v) is 10.7. The molecule has 5 aliphatic carbocycles. The van der Waals surface area contributed by atoms with Crippen LogP contribution in [-0.2, 0) is 9.59 Å². The van der Waals surface area contributed by atoms with Crippen LogP contribution in [0.2, 0.25) is 0 Å². The maximum atomic E-state index is 12.6. The molecule has 6 atom stereocenters. The van der Waals surface area contributed by atoms with Crippen molar-refractivity contribution < 1.29 is 14.7 Å². The van der Waals surface area contributed by atoms with E-state index in [9.17, 15) is 14.7 Å². The lowest BCUT2D eigenvalue weighted by atomic mass is 9.35. The summed E-state index contributed by atoms with van der Waals surface area (Å²) >= 11 is 0. The smallest absolute Gasteiger partial charge is 0.220 e. The minimum atomic E-state index is -0.263. The molecular weight excluding hydrogens is 384 g/mol. The molecule has 5 aliphatic rings. The minimum absolute atomic E-state index is 0.0350. The number of fused-ring (bicyclic) bond motifs is 7. The Balaban J connectivity index is 1.65. The first-order chi connectivity index (χ1) is 14.4. The Labute approximate surface area is 186 Å². The molecule has 0 aromatic carbocycles. The maximum Gasteiger partial charge on any atom is 0.220 e. The van der Waals surface area contributed by atoms with Crippen LogP contribution >= 0.6 is 0 Å². The molecule has 5 rings (SSSR count). The maximum absolute atomic E-state index is 12.6. The van der Waals surface area contributed by atoms with Crippen molar-refractivity contribution in [1.82, 2.24) is 0 Å². The van der Waals surface area contributed by atoms with Crippen LogP contribution in [0.4, 0.5) is 0 Å². The molecule has 0 radical (unpaired) electrons. The molecule has 0 bridgehead atoms. The molecule has 0 aliphatic heterocycles. The van der Waals surface area contributed by atoms with E-state index in [0.29, 0.717) is 17.3 Å². The Morgan fingerprint density at radius 3 is 2.42 bits per heavy atom. The van der Waals surface area contributed by atoms with Gasteiger partial charge in [-0.2, -0.15) is 0 Å². The molecule has 0 aromatic heterocycles. The van der Waals surface area contributed by atoms with Crippen molar-refractivity contribution in [3.63, 3.8) is 0 Å². The van der Waals surface area contributed by atoms with Crippen LogP contribution < -0.4 is 0 Å². The van der Waals surface area contributed by atoms with Gasteiger partial charge in [0.15, 0.2) is 5.76 Å². The van der Waals surface area contributed by atoms with Gasteiger partial charge in [-0.1, -0.05) is 52.3 Å². The lowest BCUT2D eigenvalue weighted by molar-refractivity contribution is -0.161. The lowest BCUT2D eigenvalue weighted by Gasteiger charge is -2.69. The zero-order valence-corrected chi connectivity index (χ0v) is 19.9. The summed E-state index contributed by atoms with van der Waals surface area (Å²) in [5.41, 5.74) is 4.37. The zero-order chi connectivity index (χ0) is 22.6. The zero-order valence-electron chi connectivity index (χ0n) is 19.9. The normalized spacial score (nSPS) is 46.8. The number of aliphatic hydroxyl groups excluding tert-OH is 1. The Hall–Kier alpha value is -1.90. The van der Waals surface area contributed by atoms with Gasteiger partial charge in [-0.05, 0) is 78.4 Å². The van der Waals surface area contributed by atoms with E-state index in [4.69, 9.17) is 0 Å². The second-order valence-electron chi connectivity index (χ2n) is 12.1. The van der Waals surface area contributed by atoms with Gasteiger partial charge in [0.2, 0.25) is 5.78 Å². The van der Waals surface area contributed by atoms with Crippen molar-refractivity contribution in [3.8, 4) is 0 Å². The van der Waals surface area contributed by atoms with E-state index in [0.717, 1.165) is 49.7 Å². The number of Topliss-reactive ketones (excluding diaryl/α,β-unsaturated/α-hetero) is 1. The van der Waals surface area contributed by atoms with Crippen LogP contribution in [0, 0.1) is 33.5 Å². The summed E-state index contributed by atoms with van der Waals surface area (Å²) in [7, 11) is 0. The number of aliphatic hydroxyl groups is 1. The minimum Gasteiger partial charge on any atom is -0.504 e. The van der Waals surface area contributed by atoms with Gasteiger partial charge in [0.25, 0.3) is 0 Å². The first-order valence-corrected chi connectivity index (χ1v) is 12.0. The van der Waals surface area contributed by atoms with Gasteiger partial charge in [-0.15, -0.1) is 0 Å². The summed E-state index contributed by atoms with van der Waals surface area (Å²) in [6.45, 7) is 13.6. The second kappa shape index (κ2) is 6.11. The molecule has 3 heteroatoms. The van der Waals surface area contributed by atoms with E-state index in [-0.39, 0.29) is 39.1 Å². The SMILES string of the molecule is CC1=C(O)C(=O)C=C2C1=CC=C1[C@@]2(C)CC[C@]2(C)[C@@H]3C[C@@H](C)C(=O)C[C@]3(C)CC[C@]12C. The van der Waals surface area contributed by atoms with Crippen LogP contribution in [-0.4, -0.2) is 16.7 Å². The summed E-state index contributed by atoms with van der Waals surface area (Å²) in [6, 6.07) is 0. The van der Waals surface area contributed by atoms with Gasteiger partial charge in [0.05, 0.1) is 0 Å². The largest absolute Gasteiger partial charge is 0.504 e. The third-order valence-electron chi connectivity index (χ3n) is 10.7. The second-order valence-corrected chi connectivity index (χ2v) is 12.1. The molecule has 3 nitrogen and oxygen atoms in total. The molecule has 0 unspecified atom stereocenters. The van der Waals surface area contributed by atoms with E-state index in [1.54, 1.807) is 6.08 Å². The van der Waals surface area contributed by atoms with Crippen molar-refractivity contribution in [2.45, 2.75) is 80.1 Å². The van der Waals surface area contributed by atoms with E-state index in [2.05, 4.69) is 46.8 Å². The van der Waals surface area contributed by atoms with Crippen LogP contribution in [0.15, 0.2) is 46.3 Å². The Kier molecular flexibility index (Phi) is 4.14. The molecule has 0 spiro atoms. The molecular formula is C28H36O3. The molecule has 166 valence electrons. The average molecular weight is 421 g/mol. The topological polar surface area (TPSA) is 54.4 Å². The molecule has 0 heterocycles. The number of carbonyl (C=O) groups is 2. The first kappa shape index (κ1) is 21.0. The number of carbonyl (C=O) groups excluding carboxylic acids is 2. The predicted octanol–water partition coefficient (Wildman–Crippen LogP) is 6.42. The van der Waals surface area contributed by atoms with Gasteiger partial charge in [-0.25, -0.2) is 0 Å². The number of rotatable bonds is 0. The van der Waals surface area contributed by atoms with Gasteiger partial charge in [0, 0.05) is 23.3 Å². The van der Waals surface area contributed by atoms with Gasteiger partial charge in [-0.3, -0.25) is 9.59 Å². The molecule has 1 N–H and O–H groups in total. The lowest BCUT2D eigenvalue weighted by Crippen LogP contribution is -2.61. The number of ketones is 2. The van der Waals surface area contributed by atoms with Gasteiger partial charge >= 0.3 is 0 Å². The predicted molar refractivity (Wildman–Crippen MR) is 122 cm³/mol. The highest BCUT2D eigenvalue weighted by Gasteiger charge is 2.66. The number of allylic oxidation sites excluding steroid dienone is 7. The highest BCUT2D eigenvalue weighted by Crippen LogP contribution is 2.74. The summed E-state index contributed by atoms with van der Waals surface area (Å²) in [6.07, 6.45) is 12.2.